The van der Waals surface area contributed by atoms with Gasteiger partial charge in [-0.3, -0.25) is 14.6 Å². The lowest BCUT2D eigenvalue weighted by molar-refractivity contribution is -0.116. The van der Waals surface area contributed by atoms with Crippen LogP contribution in [0.15, 0.2) is 48.8 Å². The molecule has 0 unspecified atom stereocenters. The maximum absolute atomic E-state index is 12.0. The van der Waals surface area contributed by atoms with Gasteiger partial charge < -0.3 is 10.6 Å². The van der Waals surface area contributed by atoms with Crippen LogP contribution in [0.2, 0.25) is 0 Å². The maximum atomic E-state index is 12.0. The van der Waals surface area contributed by atoms with Gasteiger partial charge in [0, 0.05) is 36.6 Å². The number of hydrogen-bond acceptors (Lipinski definition) is 3. The van der Waals surface area contributed by atoms with Crippen molar-refractivity contribution in [2.24, 2.45) is 0 Å². The first kappa shape index (κ1) is 15.7. The highest BCUT2D eigenvalue weighted by Crippen LogP contribution is 2.10. The van der Waals surface area contributed by atoms with Crippen molar-refractivity contribution in [1.82, 2.24) is 10.3 Å². The van der Waals surface area contributed by atoms with Crippen LogP contribution >= 0.6 is 0 Å². The van der Waals surface area contributed by atoms with E-state index < -0.39 is 0 Å². The standard InChI is InChI=1S/C17H19N3O2/c1-2-4-16(21)20-15-8-6-14(7-9-15)17(22)19-12-13-5-3-10-18-11-13/h3,5-11H,2,4,12H2,1H3,(H,19,22)(H,20,21). The Hall–Kier alpha value is -2.69. The van der Waals surface area contributed by atoms with Crippen molar-refractivity contribution in [2.45, 2.75) is 26.3 Å². The number of carbonyl (C=O) groups excluding carboxylic acids is 2. The van der Waals surface area contributed by atoms with E-state index in [1.54, 1.807) is 36.7 Å². The molecule has 0 saturated heterocycles. The Kier molecular flexibility index (Phi) is 5.65. The third-order valence-electron chi connectivity index (χ3n) is 3.08. The van der Waals surface area contributed by atoms with Crippen molar-refractivity contribution in [2.75, 3.05) is 5.32 Å². The minimum Gasteiger partial charge on any atom is -0.348 e. The van der Waals surface area contributed by atoms with E-state index in [4.69, 9.17) is 0 Å². The molecule has 0 bridgehead atoms. The molecule has 2 aromatic rings. The molecule has 2 N–H and O–H groups in total. The molecule has 22 heavy (non-hydrogen) atoms. The second-order valence-electron chi connectivity index (χ2n) is 4.92. The largest absolute Gasteiger partial charge is 0.348 e. The van der Waals surface area contributed by atoms with Crippen LogP contribution in [0.25, 0.3) is 0 Å². The first-order chi connectivity index (χ1) is 10.7. The van der Waals surface area contributed by atoms with Gasteiger partial charge in [-0.15, -0.1) is 0 Å². The average Bonchev–Trinajstić information content (AvgIpc) is 2.54. The van der Waals surface area contributed by atoms with E-state index in [1.165, 1.54) is 0 Å². The Morgan fingerprint density at radius 2 is 1.91 bits per heavy atom. The van der Waals surface area contributed by atoms with Crippen molar-refractivity contribution in [1.29, 1.82) is 0 Å². The lowest BCUT2D eigenvalue weighted by Gasteiger charge is -2.07. The van der Waals surface area contributed by atoms with Crippen LogP contribution in [0, 0.1) is 0 Å². The van der Waals surface area contributed by atoms with Crippen molar-refractivity contribution >= 4 is 17.5 Å². The Morgan fingerprint density at radius 3 is 2.55 bits per heavy atom. The Labute approximate surface area is 129 Å². The summed E-state index contributed by atoms with van der Waals surface area (Å²) < 4.78 is 0. The zero-order chi connectivity index (χ0) is 15.8. The maximum Gasteiger partial charge on any atom is 0.251 e. The molecule has 114 valence electrons. The molecule has 2 rings (SSSR count). The molecule has 0 fully saturated rings. The van der Waals surface area contributed by atoms with Gasteiger partial charge in [-0.25, -0.2) is 0 Å². The molecule has 2 amide bonds. The number of nitrogens with one attached hydrogen (secondary N) is 2. The Balaban J connectivity index is 1.89. The van der Waals surface area contributed by atoms with Gasteiger partial charge in [0.25, 0.3) is 5.91 Å². The zero-order valence-corrected chi connectivity index (χ0v) is 12.5. The number of hydrogen-bond donors (Lipinski definition) is 2. The van der Waals surface area contributed by atoms with E-state index in [0.717, 1.165) is 12.0 Å². The molecule has 0 spiro atoms. The first-order valence-electron chi connectivity index (χ1n) is 7.26. The smallest absolute Gasteiger partial charge is 0.251 e. The second-order valence-corrected chi connectivity index (χ2v) is 4.92. The molecular formula is C17H19N3O2. The predicted octanol–water partition coefficient (Wildman–Crippen LogP) is 2.75. The highest BCUT2D eigenvalue weighted by Gasteiger charge is 2.06. The van der Waals surface area contributed by atoms with E-state index in [-0.39, 0.29) is 11.8 Å². The Bertz CT molecular complexity index is 624. The summed E-state index contributed by atoms with van der Waals surface area (Å²) in [4.78, 5) is 27.5. The number of pyridine rings is 1. The van der Waals surface area contributed by atoms with E-state index >= 15 is 0 Å². The fourth-order valence-electron chi connectivity index (χ4n) is 1.94. The van der Waals surface area contributed by atoms with Crippen LogP contribution in [0.1, 0.15) is 35.7 Å². The molecule has 1 heterocycles. The summed E-state index contributed by atoms with van der Waals surface area (Å²) in [6.45, 7) is 2.39. The molecule has 5 heteroatoms. The van der Waals surface area contributed by atoms with Crippen molar-refractivity contribution in [3.63, 3.8) is 0 Å². The zero-order valence-electron chi connectivity index (χ0n) is 12.5. The van der Waals surface area contributed by atoms with Gasteiger partial charge in [-0.2, -0.15) is 0 Å². The highest BCUT2D eigenvalue weighted by molar-refractivity contribution is 5.95. The first-order valence-corrected chi connectivity index (χ1v) is 7.26. The summed E-state index contributed by atoms with van der Waals surface area (Å²) >= 11 is 0. The van der Waals surface area contributed by atoms with E-state index in [9.17, 15) is 9.59 Å². The number of anilines is 1. The fraction of sp³-hybridized carbons (Fsp3) is 0.235. The van der Waals surface area contributed by atoms with Crippen LogP contribution in [-0.4, -0.2) is 16.8 Å². The second kappa shape index (κ2) is 7.93. The quantitative estimate of drug-likeness (QED) is 0.861. The van der Waals surface area contributed by atoms with Gasteiger partial charge in [0.2, 0.25) is 5.91 Å². The third kappa shape index (κ3) is 4.70. The summed E-state index contributed by atoms with van der Waals surface area (Å²) in [7, 11) is 0. The number of nitrogens with zero attached hydrogens (tertiary/aromatic N) is 1. The number of carbonyl (C=O) groups is 2. The molecular weight excluding hydrogens is 278 g/mol. The summed E-state index contributed by atoms with van der Waals surface area (Å²) in [5.74, 6) is -0.174. The minimum absolute atomic E-state index is 0.0173. The monoisotopic (exact) mass is 297 g/mol. The molecule has 0 radical (unpaired) electrons. The number of rotatable bonds is 6. The predicted molar refractivity (Wildman–Crippen MR) is 85.4 cm³/mol. The summed E-state index contributed by atoms with van der Waals surface area (Å²) in [6, 6.07) is 10.6. The number of aromatic nitrogens is 1. The lowest BCUT2D eigenvalue weighted by Crippen LogP contribution is -2.22. The normalized spacial score (nSPS) is 10.0. The van der Waals surface area contributed by atoms with E-state index in [1.807, 2.05) is 19.1 Å². The fourth-order valence-corrected chi connectivity index (χ4v) is 1.94. The van der Waals surface area contributed by atoms with Gasteiger partial charge >= 0.3 is 0 Å². The molecule has 0 aliphatic rings. The van der Waals surface area contributed by atoms with Crippen molar-refractivity contribution in [3.05, 3.63) is 59.9 Å². The van der Waals surface area contributed by atoms with Gasteiger partial charge in [0.05, 0.1) is 0 Å². The number of amides is 2. The van der Waals surface area contributed by atoms with E-state index in [2.05, 4.69) is 15.6 Å². The molecule has 0 atom stereocenters. The van der Waals surface area contributed by atoms with Gasteiger partial charge in [-0.05, 0) is 42.3 Å². The molecule has 0 aliphatic heterocycles. The van der Waals surface area contributed by atoms with Gasteiger partial charge in [-0.1, -0.05) is 13.0 Å². The van der Waals surface area contributed by atoms with Gasteiger partial charge in [0.15, 0.2) is 0 Å². The molecule has 1 aromatic heterocycles. The minimum atomic E-state index is -0.157. The highest BCUT2D eigenvalue weighted by atomic mass is 16.2. The third-order valence-corrected chi connectivity index (χ3v) is 3.08. The SMILES string of the molecule is CCCC(=O)Nc1ccc(C(=O)NCc2cccnc2)cc1. The van der Waals surface area contributed by atoms with Crippen LogP contribution in [0.5, 0.6) is 0 Å². The van der Waals surface area contributed by atoms with Crippen LogP contribution in [-0.2, 0) is 11.3 Å². The molecule has 0 saturated carbocycles. The molecule has 5 nitrogen and oxygen atoms in total. The van der Waals surface area contributed by atoms with Gasteiger partial charge in [0.1, 0.15) is 0 Å². The lowest BCUT2D eigenvalue weighted by atomic mass is 10.2. The summed E-state index contributed by atoms with van der Waals surface area (Å²) in [5, 5.41) is 5.62. The average molecular weight is 297 g/mol. The topological polar surface area (TPSA) is 71.1 Å². The summed E-state index contributed by atoms with van der Waals surface area (Å²) in [6.07, 6.45) is 4.71. The van der Waals surface area contributed by atoms with Crippen LogP contribution in [0.3, 0.4) is 0 Å². The molecule has 0 aliphatic carbocycles. The van der Waals surface area contributed by atoms with E-state index in [0.29, 0.717) is 24.2 Å². The Morgan fingerprint density at radius 1 is 1.14 bits per heavy atom. The summed E-state index contributed by atoms with van der Waals surface area (Å²) in [5.41, 5.74) is 2.19. The molecule has 1 aromatic carbocycles. The van der Waals surface area contributed by atoms with Crippen molar-refractivity contribution in [3.8, 4) is 0 Å². The van der Waals surface area contributed by atoms with Crippen LogP contribution in [0.4, 0.5) is 5.69 Å². The number of benzene rings is 1. The van der Waals surface area contributed by atoms with Crippen molar-refractivity contribution < 1.29 is 9.59 Å². The van der Waals surface area contributed by atoms with Crippen LogP contribution < -0.4 is 10.6 Å².